The van der Waals surface area contributed by atoms with Gasteiger partial charge in [-0.2, -0.15) is 0 Å². The van der Waals surface area contributed by atoms with Crippen LogP contribution >= 0.6 is 0 Å². The maximum absolute atomic E-state index is 13.1. The Labute approximate surface area is 176 Å². The molecular formula is C20H29N3O6S. The minimum Gasteiger partial charge on any atom is -0.465 e. The summed E-state index contributed by atoms with van der Waals surface area (Å²) in [6.07, 6.45) is 0.399. The van der Waals surface area contributed by atoms with Crippen LogP contribution in [0.3, 0.4) is 0 Å². The van der Waals surface area contributed by atoms with Crippen LogP contribution in [0.1, 0.15) is 42.7 Å². The molecule has 0 atom stereocenters. The molecule has 2 aliphatic heterocycles. The molecule has 30 heavy (non-hydrogen) atoms. The number of nitrogens with one attached hydrogen (secondary N) is 1. The van der Waals surface area contributed by atoms with E-state index in [1.54, 1.807) is 5.48 Å². The molecule has 2 fully saturated rings. The van der Waals surface area contributed by atoms with Crippen molar-refractivity contribution in [2.24, 2.45) is 5.41 Å². The van der Waals surface area contributed by atoms with E-state index in [9.17, 15) is 23.2 Å². The lowest BCUT2D eigenvalue weighted by Gasteiger charge is -2.40. The maximum Gasteiger partial charge on any atom is 0.407 e. The molecule has 2 amide bonds. The van der Waals surface area contributed by atoms with Gasteiger partial charge in [-0.05, 0) is 49.7 Å². The number of hydrogen-bond acceptors (Lipinski definition) is 5. The van der Waals surface area contributed by atoms with Crippen LogP contribution in [0.5, 0.6) is 0 Å². The Kier molecular flexibility index (Phi) is 6.68. The quantitative estimate of drug-likeness (QED) is 0.474. The first kappa shape index (κ1) is 22.5. The zero-order chi connectivity index (χ0) is 21.9. The predicted molar refractivity (Wildman–Crippen MR) is 110 cm³/mol. The highest BCUT2D eigenvalue weighted by atomic mass is 32.2. The number of piperidine rings is 2. The molecule has 0 radical (unpaired) electrons. The fraction of sp³-hybridized carbons (Fsp3) is 0.600. The Balaban J connectivity index is 1.69. The minimum atomic E-state index is -3.75. The number of benzene rings is 1. The van der Waals surface area contributed by atoms with Crippen molar-refractivity contribution in [1.82, 2.24) is 14.7 Å². The van der Waals surface area contributed by atoms with Crippen molar-refractivity contribution in [3.8, 4) is 0 Å². The average molecular weight is 440 g/mol. The van der Waals surface area contributed by atoms with E-state index in [0.717, 1.165) is 4.90 Å². The number of nitrogens with zero attached hydrogens (tertiary/aromatic N) is 2. The molecule has 9 nitrogen and oxygen atoms in total. The van der Waals surface area contributed by atoms with Crippen LogP contribution in [0.25, 0.3) is 0 Å². The molecule has 1 aromatic rings. The third kappa shape index (κ3) is 4.60. The predicted octanol–water partition coefficient (Wildman–Crippen LogP) is 1.77. The third-order valence-corrected chi connectivity index (χ3v) is 8.58. The van der Waals surface area contributed by atoms with E-state index in [-0.39, 0.29) is 25.9 Å². The highest BCUT2D eigenvalue weighted by Gasteiger charge is 2.47. The number of carboxylic acid groups (broad SMARTS) is 1. The largest absolute Gasteiger partial charge is 0.465 e. The van der Waals surface area contributed by atoms with Crippen LogP contribution in [0, 0.1) is 12.3 Å². The zero-order valence-corrected chi connectivity index (χ0v) is 17.9. The van der Waals surface area contributed by atoms with Gasteiger partial charge >= 0.3 is 6.09 Å². The monoisotopic (exact) mass is 439 g/mol. The molecule has 0 unspecified atom stereocenters. The van der Waals surface area contributed by atoms with Gasteiger partial charge in [-0.3, -0.25) is 10.0 Å². The molecule has 0 aliphatic carbocycles. The maximum atomic E-state index is 13.1. The van der Waals surface area contributed by atoms with Gasteiger partial charge < -0.3 is 10.0 Å². The average Bonchev–Trinajstić information content (AvgIpc) is 2.73. The fourth-order valence-electron chi connectivity index (χ4n) is 4.61. The van der Waals surface area contributed by atoms with E-state index in [0.29, 0.717) is 31.8 Å². The van der Waals surface area contributed by atoms with Crippen molar-refractivity contribution in [2.75, 3.05) is 31.9 Å². The Morgan fingerprint density at radius 2 is 1.73 bits per heavy atom. The van der Waals surface area contributed by atoms with Crippen molar-refractivity contribution in [3.05, 3.63) is 35.4 Å². The second-order valence-electron chi connectivity index (χ2n) is 8.28. The van der Waals surface area contributed by atoms with E-state index in [1.165, 1.54) is 15.4 Å². The summed E-state index contributed by atoms with van der Waals surface area (Å²) in [5, 5.41) is 18.3. The van der Waals surface area contributed by atoms with Gasteiger partial charge in [-0.25, -0.2) is 23.0 Å². The summed E-state index contributed by atoms with van der Waals surface area (Å²) in [6, 6.07) is 8.12. The van der Waals surface area contributed by atoms with Crippen LogP contribution in [0.15, 0.2) is 24.3 Å². The number of likely N-dealkylation sites (tertiary alicyclic amines) is 1. The first-order chi connectivity index (χ1) is 14.2. The topological polar surface area (TPSA) is 127 Å². The van der Waals surface area contributed by atoms with Crippen molar-refractivity contribution >= 4 is 22.0 Å². The number of hydrogen-bond donors (Lipinski definition) is 3. The van der Waals surface area contributed by atoms with Crippen molar-refractivity contribution < 1.29 is 28.3 Å². The van der Waals surface area contributed by atoms with Crippen molar-refractivity contribution in [1.29, 1.82) is 0 Å². The number of carbonyl (C=O) groups excluding carboxylic acids is 1. The van der Waals surface area contributed by atoms with E-state index in [1.807, 2.05) is 12.1 Å². The van der Waals surface area contributed by atoms with Crippen LogP contribution in [-0.4, -0.2) is 71.9 Å². The smallest absolute Gasteiger partial charge is 0.407 e. The number of carbonyl (C=O) groups is 2. The van der Waals surface area contributed by atoms with E-state index in [4.69, 9.17) is 5.11 Å². The lowest BCUT2D eigenvalue weighted by Crippen LogP contribution is -2.54. The summed E-state index contributed by atoms with van der Waals surface area (Å²) in [7, 11) is -3.75. The van der Waals surface area contributed by atoms with Crippen LogP contribution in [0.2, 0.25) is 0 Å². The Morgan fingerprint density at radius 3 is 2.27 bits per heavy atom. The standard InChI is InChI=1S/C20H29N3O6S/c1-15-4-2-3-5-17(15)16-6-10-23(11-7-16)30(28,29)14-20(18(24)21-27)8-12-22(13-9-20)19(25)26/h2-5,16,27H,6-14H2,1H3,(H,21,24)(H,25,26). The van der Waals surface area contributed by atoms with E-state index >= 15 is 0 Å². The van der Waals surface area contributed by atoms with Gasteiger partial charge in [0.25, 0.3) is 5.91 Å². The van der Waals surface area contributed by atoms with Crippen LogP contribution in [0.4, 0.5) is 4.79 Å². The molecule has 3 N–H and O–H groups in total. The van der Waals surface area contributed by atoms with Gasteiger partial charge in [0.15, 0.2) is 0 Å². The third-order valence-electron chi connectivity index (χ3n) is 6.51. The molecule has 0 saturated carbocycles. The van der Waals surface area contributed by atoms with Crippen LogP contribution < -0.4 is 5.48 Å². The first-order valence-electron chi connectivity index (χ1n) is 10.1. The van der Waals surface area contributed by atoms with Crippen molar-refractivity contribution in [3.63, 3.8) is 0 Å². The Hall–Kier alpha value is -2.17. The molecule has 0 bridgehead atoms. The number of amides is 2. The summed E-state index contributed by atoms with van der Waals surface area (Å²) in [5.74, 6) is -0.911. The summed E-state index contributed by atoms with van der Waals surface area (Å²) in [6.45, 7) is 2.90. The minimum absolute atomic E-state index is 0.0462. The van der Waals surface area contributed by atoms with E-state index < -0.39 is 33.2 Å². The summed E-state index contributed by atoms with van der Waals surface area (Å²) in [4.78, 5) is 24.7. The zero-order valence-electron chi connectivity index (χ0n) is 17.1. The lowest BCUT2D eigenvalue weighted by atomic mass is 9.79. The van der Waals surface area contributed by atoms with Gasteiger partial charge in [-0.1, -0.05) is 24.3 Å². The lowest BCUT2D eigenvalue weighted by molar-refractivity contribution is -0.141. The highest BCUT2D eigenvalue weighted by Crippen LogP contribution is 2.36. The normalized spacial score (nSPS) is 20.7. The molecule has 166 valence electrons. The first-order valence-corrected chi connectivity index (χ1v) is 11.8. The number of aryl methyl sites for hydroxylation is 1. The van der Waals surface area contributed by atoms with Gasteiger partial charge in [0, 0.05) is 26.2 Å². The summed E-state index contributed by atoms with van der Waals surface area (Å²) < 4.78 is 27.7. The molecule has 2 aliphatic rings. The molecule has 0 aromatic heterocycles. The Morgan fingerprint density at radius 1 is 1.13 bits per heavy atom. The number of sulfonamides is 1. The fourth-order valence-corrected chi connectivity index (χ4v) is 6.68. The summed E-state index contributed by atoms with van der Waals surface area (Å²) in [5.41, 5.74) is 2.69. The van der Waals surface area contributed by atoms with Gasteiger partial charge in [-0.15, -0.1) is 0 Å². The molecule has 2 heterocycles. The molecule has 0 spiro atoms. The van der Waals surface area contributed by atoms with Crippen LogP contribution in [-0.2, 0) is 14.8 Å². The van der Waals surface area contributed by atoms with Crippen molar-refractivity contribution in [2.45, 2.75) is 38.5 Å². The molecule has 1 aromatic carbocycles. The van der Waals surface area contributed by atoms with E-state index in [2.05, 4.69) is 19.1 Å². The Bertz CT molecular complexity index is 888. The SMILES string of the molecule is Cc1ccccc1C1CCN(S(=O)(=O)CC2(C(=O)NO)CCN(C(=O)O)CC2)CC1. The van der Waals surface area contributed by atoms with Gasteiger partial charge in [0.05, 0.1) is 11.2 Å². The molecule has 3 rings (SSSR count). The molecule has 10 heteroatoms. The second-order valence-corrected chi connectivity index (χ2v) is 10.2. The van der Waals surface area contributed by atoms with Gasteiger partial charge in [0.2, 0.25) is 10.0 Å². The van der Waals surface area contributed by atoms with Gasteiger partial charge in [0.1, 0.15) is 0 Å². The number of hydroxylamine groups is 1. The second kappa shape index (κ2) is 8.91. The molecular weight excluding hydrogens is 410 g/mol. The highest BCUT2D eigenvalue weighted by molar-refractivity contribution is 7.89. The molecule has 2 saturated heterocycles. The number of rotatable bonds is 5. The summed E-state index contributed by atoms with van der Waals surface area (Å²) >= 11 is 0.